The predicted octanol–water partition coefficient (Wildman–Crippen LogP) is 34.7. The summed E-state index contributed by atoms with van der Waals surface area (Å²) in [5.41, 5.74) is 20.5. The molecular weight excluding hydrogens is 1690 g/mol. The van der Waals surface area contributed by atoms with Crippen molar-refractivity contribution in [3.63, 3.8) is 0 Å². The molecule has 30 aromatic rings. The van der Waals surface area contributed by atoms with Gasteiger partial charge >= 0.3 is 0 Å². The number of thiophene rings is 1. The average Bonchev–Trinajstić information content (AvgIpc) is 1.51. The van der Waals surface area contributed by atoms with Gasteiger partial charge in [0.05, 0.1) is 16.2 Å². The number of para-hydroxylation sites is 1. The molecule has 3 unspecified atom stereocenters. The Balaban J connectivity index is 0.0000000984. The first-order chi connectivity index (χ1) is 68.4. The minimum absolute atomic E-state index is 0.405. The van der Waals surface area contributed by atoms with Gasteiger partial charge in [-0.15, -0.1) is 11.3 Å². The Hall–Kier alpha value is -17.6. The van der Waals surface area contributed by atoms with Crippen LogP contribution in [0.25, 0.3) is 227 Å². The lowest BCUT2D eigenvalue weighted by molar-refractivity contribution is 0.665. The summed E-state index contributed by atoms with van der Waals surface area (Å²) in [6, 6.07) is 167. The monoisotopic (exact) mass is 1770 g/mol. The number of fused-ring (bicyclic) bond motifs is 12. The molecule has 5 nitrogen and oxygen atoms in total. The molecule has 0 saturated carbocycles. The first kappa shape index (κ1) is 75.9. The van der Waals surface area contributed by atoms with Crippen molar-refractivity contribution in [1.82, 2.24) is 15.0 Å². The lowest BCUT2D eigenvalue weighted by Gasteiger charge is -2.34. The van der Waals surface area contributed by atoms with Crippen molar-refractivity contribution in [2.75, 3.05) is 0 Å². The van der Waals surface area contributed by atoms with E-state index < -0.39 is 16.2 Å². The highest BCUT2D eigenvalue weighted by Crippen LogP contribution is 2.64. The molecule has 3 aliphatic carbocycles. The van der Waals surface area contributed by atoms with Gasteiger partial charge in [0.25, 0.3) is 0 Å². The van der Waals surface area contributed by atoms with Crippen molar-refractivity contribution in [1.29, 1.82) is 0 Å². The van der Waals surface area contributed by atoms with Gasteiger partial charge in [0.15, 0.2) is 17.5 Å². The van der Waals surface area contributed by atoms with Crippen molar-refractivity contribution in [2.45, 2.75) is 16.2 Å². The van der Waals surface area contributed by atoms with Crippen LogP contribution >= 0.6 is 11.3 Å². The lowest BCUT2D eigenvalue weighted by atomic mass is 9.67. The second kappa shape index (κ2) is 28.3. The summed E-state index contributed by atoms with van der Waals surface area (Å²) >= 11 is 1.89. The summed E-state index contributed by atoms with van der Waals surface area (Å²) in [6.07, 6.45) is 0. The maximum absolute atomic E-state index is 6.69. The molecule has 0 amide bonds. The standard InChI is InChI=1S/C54H31N3O.C39H22O.C39H22S/c1-4-13-34(14-5-1)51-55-52(35-15-6-2-7-16-35)57-53(56-51)40-22-12-24-45-48(40)41-31-37(28-30-44(41)58-45)54(36-18-8-3-9-19-36)42-23-11-21-39-38-20-10-17-32-25-26-33-27-29-43(54)50(49(39)42)47(33)46(32)38;1-2-9-25(10-3-1)39(26-19-20-28-27-11-4-5-15-33(27)40-34(28)22-26)31-14-7-13-30-29-12-6-8-23-16-17-24-18-21-32(39)38(37(30)31)36(24)35(23)29;1-2-9-25(10-3-1)39(26-19-21-34-30(22-26)27-11-4-5-15-33(27)40-34)31-14-7-13-29-28-12-6-8-23-16-17-24-18-20-32(39)38(37(29)31)36(24)35(23)28/h1-31H;2*1-22H. The Bertz CT molecular complexity index is 10400. The summed E-state index contributed by atoms with van der Waals surface area (Å²) in [6.45, 7) is 0. The lowest BCUT2D eigenvalue weighted by Crippen LogP contribution is -2.28. The molecule has 0 fully saturated rings. The zero-order chi connectivity index (χ0) is 90.0. The van der Waals surface area contributed by atoms with Crippen LogP contribution in [-0.4, -0.2) is 15.0 Å². The number of furan rings is 2. The highest BCUT2D eigenvalue weighted by Gasteiger charge is 2.50. The highest BCUT2D eigenvalue weighted by molar-refractivity contribution is 7.25. The van der Waals surface area contributed by atoms with Crippen LogP contribution in [0.1, 0.15) is 66.8 Å². The van der Waals surface area contributed by atoms with E-state index in [9.17, 15) is 0 Å². The smallest absolute Gasteiger partial charge is 0.164 e. The molecule has 33 rings (SSSR count). The third kappa shape index (κ3) is 10.0. The highest BCUT2D eigenvalue weighted by atomic mass is 32.1. The Labute approximate surface area is 794 Å². The first-order valence-corrected chi connectivity index (χ1v) is 48.5. The molecule has 26 aromatic carbocycles. The Morgan fingerprint density at radius 2 is 0.493 bits per heavy atom. The minimum Gasteiger partial charge on any atom is -0.456 e. The molecule has 0 N–H and O–H groups in total. The van der Waals surface area contributed by atoms with E-state index in [1.165, 1.54) is 216 Å². The Kier molecular flexibility index (Phi) is 15.6. The van der Waals surface area contributed by atoms with Gasteiger partial charge in [0, 0.05) is 58.4 Å². The van der Waals surface area contributed by atoms with Crippen LogP contribution < -0.4 is 0 Å². The van der Waals surface area contributed by atoms with Crippen LogP contribution in [0.2, 0.25) is 0 Å². The fourth-order valence-electron chi connectivity index (χ4n) is 26.0. The quantitative estimate of drug-likeness (QED) is 0.106. The molecule has 4 aromatic heterocycles. The van der Waals surface area contributed by atoms with Gasteiger partial charge in [-0.25, -0.2) is 15.0 Å². The molecule has 0 radical (unpaired) electrons. The largest absolute Gasteiger partial charge is 0.456 e. The zero-order valence-corrected chi connectivity index (χ0v) is 75.2. The van der Waals surface area contributed by atoms with E-state index in [1.807, 2.05) is 90.2 Å². The molecule has 3 aliphatic rings. The Morgan fingerprint density at radius 1 is 0.167 bits per heavy atom. The summed E-state index contributed by atoms with van der Waals surface area (Å²) in [5, 5.41) is 39.3. The maximum atomic E-state index is 6.69. The Morgan fingerprint density at radius 3 is 0.978 bits per heavy atom. The SMILES string of the molecule is c1ccc(-c2nc(-c3ccccc3)nc(-c3cccc4oc5ccc(C6(c7ccccc7)c7cccc8c9cccc%10ccc%11ccc6c(c78)c%11c%109)cc5c34)n2)cc1.c1ccc(C2(c3ccc4c(c3)oc3ccccc34)c3cccc4c5cccc6ccc7ccc2c(c34)c7c65)cc1.c1ccc(C2(c3ccc4sc5ccccc5c4c3)c3cccc4c5cccc6ccc7ccc2c(c34)c7c65)cc1. The van der Waals surface area contributed by atoms with E-state index in [0.717, 1.165) is 60.6 Å². The van der Waals surface area contributed by atoms with E-state index in [2.05, 4.69) is 376 Å². The van der Waals surface area contributed by atoms with Crippen LogP contribution in [0.3, 0.4) is 0 Å². The molecule has 0 saturated heterocycles. The number of hydrogen-bond donors (Lipinski definition) is 0. The van der Waals surface area contributed by atoms with Crippen LogP contribution in [-0.2, 0) is 16.2 Å². The summed E-state index contributed by atoms with van der Waals surface area (Å²) in [5.74, 6) is 1.85. The summed E-state index contributed by atoms with van der Waals surface area (Å²) < 4.78 is 15.8. The molecule has 0 aliphatic heterocycles. The van der Waals surface area contributed by atoms with Gasteiger partial charge in [-0.3, -0.25) is 0 Å². The fraction of sp³-hybridized carbons (Fsp3) is 0.0227. The van der Waals surface area contributed by atoms with Crippen molar-refractivity contribution >= 4 is 205 Å². The van der Waals surface area contributed by atoms with E-state index in [-0.39, 0.29) is 0 Å². The molecular formula is C132H75N3O2S. The van der Waals surface area contributed by atoms with Crippen molar-refractivity contribution in [2.24, 2.45) is 0 Å². The van der Waals surface area contributed by atoms with Crippen molar-refractivity contribution in [3.8, 4) is 34.2 Å². The molecule has 3 atom stereocenters. The number of aromatic nitrogens is 3. The fourth-order valence-corrected chi connectivity index (χ4v) is 27.1. The van der Waals surface area contributed by atoms with Crippen LogP contribution in [0.5, 0.6) is 0 Å². The predicted molar refractivity (Wildman–Crippen MR) is 576 cm³/mol. The van der Waals surface area contributed by atoms with Crippen LogP contribution in [0.4, 0.5) is 0 Å². The third-order valence-corrected chi connectivity index (χ3v) is 32.6. The maximum Gasteiger partial charge on any atom is 0.164 e. The van der Waals surface area contributed by atoms with E-state index in [1.54, 1.807) is 0 Å². The first-order valence-electron chi connectivity index (χ1n) is 47.7. The number of hydrogen-bond acceptors (Lipinski definition) is 6. The molecule has 138 heavy (non-hydrogen) atoms. The van der Waals surface area contributed by atoms with Crippen LogP contribution in [0.15, 0.2) is 464 Å². The van der Waals surface area contributed by atoms with Crippen LogP contribution in [0, 0.1) is 0 Å². The van der Waals surface area contributed by atoms with Gasteiger partial charge < -0.3 is 8.83 Å². The number of rotatable bonds is 9. The number of benzene rings is 26. The average molecular weight is 1770 g/mol. The molecule has 0 bridgehead atoms. The summed E-state index contributed by atoms with van der Waals surface area (Å²) in [4.78, 5) is 15.3. The zero-order valence-electron chi connectivity index (χ0n) is 74.4. The van der Waals surface area contributed by atoms with E-state index >= 15 is 0 Å². The van der Waals surface area contributed by atoms with Gasteiger partial charge in [-0.1, -0.05) is 406 Å². The second-order valence-corrected chi connectivity index (χ2v) is 38.9. The molecule has 636 valence electrons. The third-order valence-electron chi connectivity index (χ3n) is 31.4. The summed E-state index contributed by atoms with van der Waals surface area (Å²) in [7, 11) is 0. The minimum atomic E-state index is -0.596. The van der Waals surface area contributed by atoms with Gasteiger partial charge in [-0.05, 0) is 245 Å². The molecule has 4 heterocycles. The van der Waals surface area contributed by atoms with Gasteiger partial charge in [0.1, 0.15) is 22.3 Å². The molecule has 0 spiro atoms. The van der Waals surface area contributed by atoms with E-state index in [4.69, 9.17) is 23.8 Å². The van der Waals surface area contributed by atoms with E-state index in [0.29, 0.717) is 17.5 Å². The molecule has 6 heteroatoms. The van der Waals surface area contributed by atoms with Crippen molar-refractivity contribution < 1.29 is 8.83 Å². The van der Waals surface area contributed by atoms with Crippen molar-refractivity contribution in [3.05, 3.63) is 522 Å². The van der Waals surface area contributed by atoms with Gasteiger partial charge in [0.2, 0.25) is 0 Å². The topological polar surface area (TPSA) is 65.0 Å². The van der Waals surface area contributed by atoms with Gasteiger partial charge in [-0.2, -0.15) is 0 Å². The normalized spacial score (nSPS) is 15.9. The number of nitrogens with zero attached hydrogens (tertiary/aromatic N) is 3. The second-order valence-electron chi connectivity index (χ2n) is 37.8.